The van der Waals surface area contributed by atoms with Crippen molar-refractivity contribution in [3.63, 3.8) is 0 Å². The van der Waals surface area contributed by atoms with Crippen molar-refractivity contribution < 1.29 is 0 Å². The number of rotatable bonds is 3. The predicted octanol–water partition coefficient (Wildman–Crippen LogP) is 4.32. The highest BCUT2D eigenvalue weighted by Gasteiger charge is 2.23. The van der Waals surface area contributed by atoms with Gasteiger partial charge in [0.05, 0.1) is 5.02 Å². The molecule has 1 aromatic heterocycles. The van der Waals surface area contributed by atoms with E-state index in [1.54, 1.807) is 11.3 Å². The average Bonchev–Trinajstić information content (AvgIpc) is 2.60. The molecule has 3 heteroatoms. The van der Waals surface area contributed by atoms with Crippen LogP contribution in [0.5, 0.6) is 0 Å². The Morgan fingerprint density at radius 1 is 1.31 bits per heavy atom. The summed E-state index contributed by atoms with van der Waals surface area (Å²) in [6.45, 7) is 5.71. The molecule has 0 aromatic carbocycles. The lowest BCUT2D eigenvalue weighted by Gasteiger charge is -2.32. The average molecular weight is 258 g/mol. The minimum absolute atomic E-state index is 0.694. The molecule has 1 aliphatic rings. The Kier molecular flexibility index (Phi) is 4.28. The first kappa shape index (κ1) is 12.4. The van der Waals surface area contributed by atoms with Crippen LogP contribution in [0.2, 0.25) is 5.02 Å². The van der Waals surface area contributed by atoms with Crippen LogP contribution in [0.25, 0.3) is 0 Å². The summed E-state index contributed by atoms with van der Waals surface area (Å²) in [5.41, 5.74) is 0. The fraction of sp³-hybridized carbons (Fsp3) is 0.692. The summed E-state index contributed by atoms with van der Waals surface area (Å²) in [5.74, 6) is 1.74. The molecule has 0 spiro atoms. The molecule has 0 saturated heterocycles. The Morgan fingerprint density at radius 2 is 2.00 bits per heavy atom. The van der Waals surface area contributed by atoms with Crippen molar-refractivity contribution in [1.29, 1.82) is 0 Å². The molecule has 1 nitrogen and oxygen atoms in total. The van der Waals surface area contributed by atoms with Crippen molar-refractivity contribution in [3.8, 4) is 0 Å². The lowest BCUT2D eigenvalue weighted by Crippen LogP contribution is -2.35. The maximum Gasteiger partial charge on any atom is 0.0516 e. The highest BCUT2D eigenvalue weighted by Crippen LogP contribution is 2.29. The van der Waals surface area contributed by atoms with E-state index in [-0.39, 0.29) is 0 Å². The molecule has 1 N–H and O–H groups in total. The monoisotopic (exact) mass is 257 g/mol. The van der Waals surface area contributed by atoms with E-state index in [0.29, 0.717) is 6.04 Å². The van der Waals surface area contributed by atoms with Gasteiger partial charge < -0.3 is 5.32 Å². The molecule has 2 atom stereocenters. The number of hydrogen-bond donors (Lipinski definition) is 1. The minimum atomic E-state index is 0.694. The summed E-state index contributed by atoms with van der Waals surface area (Å²) in [7, 11) is 0. The van der Waals surface area contributed by atoms with Crippen LogP contribution in [0.1, 0.15) is 38.0 Å². The predicted molar refractivity (Wildman–Crippen MR) is 72.1 cm³/mol. The van der Waals surface area contributed by atoms with Gasteiger partial charge in [-0.15, -0.1) is 11.3 Å². The van der Waals surface area contributed by atoms with Gasteiger partial charge >= 0.3 is 0 Å². The lowest BCUT2D eigenvalue weighted by atomic mass is 9.80. The van der Waals surface area contributed by atoms with Crippen LogP contribution < -0.4 is 5.32 Å². The molecule has 2 unspecified atom stereocenters. The molecule has 0 amide bonds. The van der Waals surface area contributed by atoms with Crippen LogP contribution in [0.4, 0.5) is 0 Å². The largest absolute Gasteiger partial charge is 0.309 e. The molecule has 0 aliphatic heterocycles. The fourth-order valence-electron chi connectivity index (χ4n) is 2.81. The minimum Gasteiger partial charge on any atom is -0.309 e. The van der Waals surface area contributed by atoms with E-state index in [0.717, 1.165) is 23.4 Å². The van der Waals surface area contributed by atoms with Crippen molar-refractivity contribution >= 4 is 22.9 Å². The van der Waals surface area contributed by atoms with Gasteiger partial charge in [0.1, 0.15) is 0 Å². The maximum atomic E-state index is 5.91. The maximum absolute atomic E-state index is 5.91. The van der Waals surface area contributed by atoms with Gasteiger partial charge in [0.2, 0.25) is 0 Å². The molecule has 0 radical (unpaired) electrons. The SMILES string of the molecule is CC1CC(C)CC(NCc2cc(Cl)cs2)C1. The van der Waals surface area contributed by atoms with Gasteiger partial charge in [0.25, 0.3) is 0 Å². The Morgan fingerprint density at radius 3 is 2.56 bits per heavy atom. The smallest absolute Gasteiger partial charge is 0.0516 e. The van der Waals surface area contributed by atoms with Crippen LogP contribution in [0.15, 0.2) is 11.4 Å². The van der Waals surface area contributed by atoms with E-state index < -0.39 is 0 Å². The van der Waals surface area contributed by atoms with E-state index in [9.17, 15) is 0 Å². The van der Waals surface area contributed by atoms with Crippen molar-refractivity contribution in [2.45, 2.75) is 45.7 Å². The molecule has 1 aromatic rings. The van der Waals surface area contributed by atoms with E-state index in [2.05, 4.69) is 25.2 Å². The molecule has 1 heterocycles. The number of thiophene rings is 1. The van der Waals surface area contributed by atoms with Gasteiger partial charge in [-0.25, -0.2) is 0 Å². The Hall–Kier alpha value is -0.0500. The number of halogens is 1. The third-order valence-corrected chi connectivity index (χ3v) is 4.65. The van der Waals surface area contributed by atoms with Gasteiger partial charge in [-0.05, 0) is 37.2 Å². The van der Waals surface area contributed by atoms with Crippen molar-refractivity contribution in [1.82, 2.24) is 5.32 Å². The van der Waals surface area contributed by atoms with E-state index >= 15 is 0 Å². The molecule has 0 bridgehead atoms. The third kappa shape index (κ3) is 3.47. The second kappa shape index (κ2) is 5.52. The molecule has 1 fully saturated rings. The zero-order valence-corrected chi connectivity index (χ0v) is 11.6. The number of hydrogen-bond acceptors (Lipinski definition) is 2. The Labute approximate surface area is 107 Å². The van der Waals surface area contributed by atoms with Gasteiger partial charge in [-0.2, -0.15) is 0 Å². The van der Waals surface area contributed by atoms with E-state index in [1.807, 2.05) is 5.38 Å². The highest BCUT2D eigenvalue weighted by molar-refractivity contribution is 7.10. The Balaban J connectivity index is 1.81. The summed E-state index contributed by atoms with van der Waals surface area (Å²) >= 11 is 7.66. The van der Waals surface area contributed by atoms with Gasteiger partial charge in [-0.3, -0.25) is 0 Å². The second-order valence-corrected chi connectivity index (χ2v) is 6.66. The standard InChI is InChI=1S/C13H20ClNS/c1-9-3-10(2)5-12(4-9)15-7-13-6-11(14)8-16-13/h6,8-10,12,15H,3-5,7H2,1-2H3. The summed E-state index contributed by atoms with van der Waals surface area (Å²) < 4.78 is 0. The zero-order chi connectivity index (χ0) is 11.5. The zero-order valence-electron chi connectivity index (χ0n) is 10.0. The van der Waals surface area contributed by atoms with Crippen molar-refractivity contribution in [3.05, 3.63) is 21.3 Å². The number of nitrogens with one attached hydrogen (secondary N) is 1. The third-order valence-electron chi connectivity index (χ3n) is 3.37. The van der Waals surface area contributed by atoms with Crippen molar-refractivity contribution in [2.75, 3.05) is 0 Å². The van der Waals surface area contributed by atoms with E-state index in [4.69, 9.17) is 11.6 Å². The van der Waals surface area contributed by atoms with Crippen LogP contribution >= 0.6 is 22.9 Å². The van der Waals surface area contributed by atoms with Gasteiger partial charge in [0.15, 0.2) is 0 Å². The van der Waals surface area contributed by atoms with Crippen LogP contribution in [-0.4, -0.2) is 6.04 Å². The van der Waals surface area contributed by atoms with Crippen molar-refractivity contribution in [2.24, 2.45) is 11.8 Å². The topological polar surface area (TPSA) is 12.0 Å². The highest BCUT2D eigenvalue weighted by atomic mass is 35.5. The summed E-state index contributed by atoms with van der Waals surface area (Å²) in [5, 5.41) is 6.54. The first-order valence-corrected chi connectivity index (χ1v) is 7.35. The normalized spacial score (nSPS) is 30.6. The summed E-state index contributed by atoms with van der Waals surface area (Å²) in [6.07, 6.45) is 4.04. The molecular formula is C13H20ClNS. The summed E-state index contributed by atoms with van der Waals surface area (Å²) in [4.78, 5) is 1.34. The van der Waals surface area contributed by atoms with E-state index in [1.165, 1.54) is 24.1 Å². The van der Waals surface area contributed by atoms with Gasteiger partial charge in [0, 0.05) is 22.8 Å². The first-order valence-electron chi connectivity index (χ1n) is 6.09. The molecule has 1 aliphatic carbocycles. The quantitative estimate of drug-likeness (QED) is 0.851. The molecule has 1 saturated carbocycles. The fourth-order valence-corrected chi connectivity index (χ4v) is 3.83. The van der Waals surface area contributed by atoms with Gasteiger partial charge in [-0.1, -0.05) is 25.4 Å². The summed E-state index contributed by atoms with van der Waals surface area (Å²) in [6, 6.07) is 2.76. The first-order chi connectivity index (χ1) is 7.63. The van der Waals surface area contributed by atoms with Crippen LogP contribution in [0.3, 0.4) is 0 Å². The van der Waals surface area contributed by atoms with Crippen LogP contribution in [-0.2, 0) is 6.54 Å². The molecule has 16 heavy (non-hydrogen) atoms. The van der Waals surface area contributed by atoms with Crippen LogP contribution in [0, 0.1) is 11.8 Å². The lowest BCUT2D eigenvalue weighted by molar-refractivity contribution is 0.238. The Bertz CT molecular complexity index is 326. The molecule has 90 valence electrons. The second-order valence-electron chi connectivity index (χ2n) is 5.23. The molecule has 2 rings (SSSR count). The molecular weight excluding hydrogens is 238 g/mol.